The lowest BCUT2D eigenvalue weighted by Gasteiger charge is -2.10. The number of anilines is 3. The highest BCUT2D eigenvalue weighted by Crippen LogP contribution is 2.25. The van der Waals surface area contributed by atoms with Crippen molar-refractivity contribution in [3.8, 4) is 5.75 Å². The molecule has 0 bridgehead atoms. The normalized spacial score (nSPS) is 10.8. The molecule has 1 heterocycles. The summed E-state index contributed by atoms with van der Waals surface area (Å²) in [5.74, 6) is -2.32. The minimum atomic E-state index is -3.85. The molecule has 0 radical (unpaired) electrons. The molecule has 10 nitrogen and oxygen atoms in total. The van der Waals surface area contributed by atoms with Gasteiger partial charge in [0.15, 0.2) is 6.61 Å². The van der Waals surface area contributed by atoms with Crippen molar-refractivity contribution in [3.05, 3.63) is 65.5 Å². The third kappa shape index (κ3) is 6.54. The number of hydrogen-bond acceptors (Lipinski definition) is 8. The van der Waals surface area contributed by atoms with Crippen LogP contribution < -0.4 is 15.4 Å². The Kier molecular flexibility index (Phi) is 7.30. The van der Waals surface area contributed by atoms with Crippen LogP contribution in [0.5, 0.6) is 5.75 Å². The summed E-state index contributed by atoms with van der Waals surface area (Å²) in [5, 5.41) is 16.7. The summed E-state index contributed by atoms with van der Waals surface area (Å²) in [6.45, 7) is 0.729. The summed E-state index contributed by atoms with van der Waals surface area (Å²) in [6.07, 6.45) is 0. The van der Waals surface area contributed by atoms with E-state index >= 15 is 0 Å². The highest BCUT2D eigenvalue weighted by molar-refractivity contribution is 7.94. The van der Waals surface area contributed by atoms with E-state index in [9.17, 15) is 27.9 Å². The van der Waals surface area contributed by atoms with Gasteiger partial charge in [-0.1, -0.05) is 6.07 Å². The van der Waals surface area contributed by atoms with E-state index < -0.39 is 34.3 Å². The van der Waals surface area contributed by atoms with Crippen molar-refractivity contribution in [2.75, 3.05) is 22.0 Å². The van der Waals surface area contributed by atoms with Crippen molar-refractivity contribution in [2.45, 2.75) is 11.1 Å². The number of amides is 2. The minimum absolute atomic E-state index is 0.0388. The number of nitrogens with one attached hydrogen (secondary N) is 3. The summed E-state index contributed by atoms with van der Waals surface area (Å²) >= 11 is 1.02. The van der Waals surface area contributed by atoms with E-state index in [-0.39, 0.29) is 21.4 Å². The molecule has 12 heteroatoms. The Bertz CT molecular complexity index is 1270. The zero-order valence-corrected chi connectivity index (χ0v) is 18.8. The van der Waals surface area contributed by atoms with Gasteiger partial charge >= 0.3 is 5.97 Å². The van der Waals surface area contributed by atoms with Crippen molar-refractivity contribution >= 4 is 56.2 Å². The average Bonchev–Trinajstić information content (AvgIpc) is 3.30. The van der Waals surface area contributed by atoms with E-state index in [0.29, 0.717) is 11.4 Å². The van der Waals surface area contributed by atoms with Crippen LogP contribution >= 0.6 is 11.3 Å². The molecule has 172 valence electrons. The molecule has 0 unspecified atom stereocenters. The monoisotopic (exact) mass is 489 g/mol. The predicted molar refractivity (Wildman–Crippen MR) is 123 cm³/mol. The van der Waals surface area contributed by atoms with Gasteiger partial charge in [-0.05, 0) is 53.9 Å². The summed E-state index contributed by atoms with van der Waals surface area (Å²) in [4.78, 5) is 35.4. The van der Waals surface area contributed by atoms with Gasteiger partial charge in [-0.3, -0.25) is 14.3 Å². The van der Waals surface area contributed by atoms with Crippen LogP contribution in [-0.4, -0.2) is 37.9 Å². The number of benzene rings is 2. The van der Waals surface area contributed by atoms with Gasteiger partial charge in [-0.25, -0.2) is 13.2 Å². The lowest BCUT2D eigenvalue weighted by molar-refractivity contribution is -0.119. The second kappa shape index (κ2) is 10.1. The molecule has 33 heavy (non-hydrogen) atoms. The maximum atomic E-state index is 12.3. The van der Waals surface area contributed by atoms with Crippen LogP contribution in [0.3, 0.4) is 0 Å². The Morgan fingerprint density at radius 2 is 1.61 bits per heavy atom. The van der Waals surface area contributed by atoms with E-state index in [1.54, 1.807) is 35.7 Å². The van der Waals surface area contributed by atoms with Crippen LogP contribution in [0.2, 0.25) is 0 Å². The number of thiophene rings is 1. The Labute approximate surface area is 193 Å². The highest BCUT2D eigenvalue weighted by atomic mass is 32.2. The predicted octanol–water partition coefficient (Wildman–Crippen LogP) is 3.01. The molecule has 2 amide bonds. The average molecular weight is 490 g/mol. The molecule has 0 atom stereocenters. The maximum Gasteiger partial charge on any atom is 0.342 e. The van der Waals surface area contributed by atoms with Crippen molar-refractivity contribution in [1.29, 1.82) is 0 Å². The number of carbonyl (C=O) groups excluding carboxylic acids is 3. The van der Waals surface area contributed by atoms with Gasteiger partial charge in [0.05, 0.1) is 0 Å². The van der Waals surface area contributed by atoms with Gasteiger partial charge in [-0.2, -0.15) is 0 Å². The number of hydrogen-bond donors (Lipinski definition) is 4. The van der Waals surface area contributed by atoms with Crippen molar-refractivity contribution in [1.82, 2.24) is 0 Å². The summed E-state index contributed by atoms with van der Waals surface area (Å²) < 4.78 is 32.0. The summed E-state index contributed by atoms with van der Waals surface area (Å²) in [6, 6.07) is 12.8. The van der Waals surface area contributed by atoms with Gasteiger partial charge in [0.25, 0.3) is 15.9 Å². The second-order valence-corrected chi connectivity index (χ2v) is 9.51. The van der Waals surface area contributed by atoms with Crippen LogP contribution in [0.25, 0.3) is 0 Å². The molecular formula is C21H19N3O7S2. The van der Waals surface area contributed by atoms with E-state index in [2.05, 4.69) is 15.4 Å². The number of carbonyl (C=O) groups is 3. The standard InChI is InChI=1S/C21H19N3O7S2/c1-13(25)22-14-4-6-15(7-5-14)23-19(27)12-31-21(28)17-11-16(8-9-18(17)26)24-33(29,30)20-3-2-10-32-20/h2-11,24,26H,12H2,1H3,(H,22,25)(H,23,27). The van der Waals surface area contributed by atoms with Gasteiger partial charge < -0.3 is 20.5 Å². The molecular weight excluding hydrogens is 470 g/mol. The van der Waals surface area contributed by atoms with Crippen LogP contribution in [0, 0.1) is 0 Å². The lowest BCUT2D eigenvalue weighted by atomic mass is 10.2. The molecule has 0 saturated carbocycles. The molecule has 3 rings (SSSR count). The fraction of sp³-hybridized carbons (Fsp3) is 0.0952. The van der Waals surface area contributed by atoms with Gasteiger partial charge in [0, 0.05) is 24.0 Å². The number of sulfonamides is 1. The van der Waals surface area contributed by atoms with Crippen LogP contribution in [-0.2, 0) is 24.3 Å². The third-order valence-electron chi connectivity index (χ3n) is 4.05. The molecule has 0 aliphatic carbocycles. The number of esters is 1. The van der Waals surface area contributed by atoms with E-state index in [1.165, 1.54) is 19.1 Å². The molecule has 1 aromatic heterocycles. The fourth-order valence-corrected chi connectivity index (χ4v) is 4.67. The SMILES string of the molecule is CC(=O)Nc1ccc(NC(=O)COC(=O)c2cc(NS(=O)(=O)c3cccs3)ccc2O)cc1. The second-order valence-electron chi connectivity index (χ2n) is 6.65. The molecule has 0 fully saturated rings. The zero-order valence-electron chi connectivity index (χ0n) is 17.2. The highest BCUT2D eigenvalue weighted by Gasteiger charge is 2.19. The van der Waals surface area contributed by atoms with Crippen molar-refractivity contribution in [2.24, 2.45) is 0 Å². The first-order chi connectivity index (χ1) is 15.6. The quantitative estimate of drug-likeness (QED) is 0.280. The molecule has 2 aromatic carbocycles. The largest absolute Gasteiger partial charge is 0.507 e. The molecule has 0 spiro atoms. The van der Waals surface area contributed by atoms with E-state index in [4.69, 9.17) is 4.74 Å². The minimum Gasteiger partial charge on any atom is -0.507 e. The van der Waals surface area contributed by atoms with Crippen LogP contribution in [0.15, 0.2) is 64.2 Å². The molecule has 3 aromatic rings. The van der Waals surface area contributed by atoms with Gasteiger partial charge in [0.2, 0.25) is 5.91 Å². The number of phenols is 1. The Hall–Kier alpha value is -3.90. The van der Waals surface area contributed by atoms with E-state index in [0.717, 1.165) is 23.5 Å². The van der Waals surface area contributed by atoms with Crippen molar-refractivity contribution in [3.63, 3.8) is 0 Å². The molecule has 0 saturated heterocycles. The third-order valence-corrected chi connectivity index (χ3v) is 6.83. The fourth-order valence-electron chi connectivity index (χ4n) is 2.63. The van der Waals surface area contributed by atoms with Crippen molar-refractivity contribution < 1.29 is 32.6 Å². The Balaban J connectivity index is 1.60. The topological polar surface area (TPSA) is 151 Å². The van der Waals surface area contributed by atoms with Crippen LogP contribution in [0.1, 0.15) is 17.3 Å². The van der Waals surface area contributed by atoms with E-state index in [1.807, 2.05) is 0 Å². The van der Waals surface area contributed by atoms with Crippen LogP contribution in [0.4, 0.5) is 17.1 Å². The number of ether oxygens (including phenoxy) is 1. The molecule has 4 N–H and O–H groups in total. The number of aromatic hydroxyl groups is 1. The first-order valence-electron chi connectivity index (χ1n) is 9.38. The zero-order chi connectivity index (χ0) is 24.0. The number of phenolic OH excluding ortho intramolecular Hbond substituents is 1. The maximum absolute atomic E-state index is 12.3. The van der Waals surface area contributed by atoms with Gasteiger partial charge in [0.1, 0.15) is 15.5 Å². The summed E-state index contributed by atoms with van der Waals surface area (Å²) in [5.41, 5.74) is 0.695. The Morgan fingerprint density at radius 1 is 0.970 bits per heavy atom. The lowest BCUT2D eigenvalue weighted by Crippen LogP contribution is -2.21. The smallest absolute Gasteiger partial charge is 0.342 e. The molecule has 0 aliphatic rings. The Morgan fingerprint density at radius 3 is 2.21 bits per heavy atom. The first-order valence-corrected chi connectivity index (χ1v) is 11.7. The molecule has 0 aliphatic heterocycles. The first kappa shape index (κ1) is 23.8. The summed E-state index contributed by atoms with van der Waals surface area (Å²) in [7, 11) is -3.85. The van der Waals surface area contributed by atoms with Gasteiger partial charge in [-0.15, -0.1) is 11.3 Å². The number of rotatable bonds is 8.